The normalized spacial score (nSPS) is 14.2. The zero-order valence-electron chi connectivity index (χ0n) is 9.76. The summed E-state index contributed by atoms with van der Waals surface area (Å²) in [5, 5.41) is 25.1. The van der Waals surface area contributed by atoms with Crippen molar-refractivity contribution < 1.29 is 14.8 Å². The van der Waals surface area contributed by atoms with Crippen LogP contribution in [0.2, 0.25) is 0 Å². The lowest BCUT2D eigenvalue weighted by molar-refractivity contribution is -0.384. The van der Waals surface area contributed by atoms with Gasteiger partial charge in [0.1, 0.15) is 0 Å². The van der Waals surface area contributed by atoms with Gasteiger partial charge in [-0.3, -0.25) is 10.1 Å². The average Bonchev–Trinajstić information content (AvgIpc) is 2.41. The predicted octanol–water partition coefficient (Wildman–Crippen LogP) is 0.472. The molecule has 98 valence electrons. The second-order valence-corrected chi connectivity index (χ2v) is 3.61. The second-order valence-electron chi connectivity index (χ2n) is 3.61. The number of nitrogens with one attached hydrogen (secondary N) is 2. The maximum Gasteiger partial charge on any atom is 0.335 e. The fraction of sp³-hybridized carbons (Fsp3) is 0.364. The van der Waals surface area contributed by atoms with Gasteiger partial charge in [-0.15, -0.1) is 0 Å². The van der Waals surface area contributed by atoms with E-state index >= 15 is 0 Å². The lowest BCUT2D eigenvalue weighted by Gasteiger charge is -2.11. The minimum absolute atomic E-state index is 0.0794. The van der Waals surface area contributed by atoms with Crippen LogP contribution in [0.1, 0.15) is 10.4 Å². The first-order chi connectivity index (χ1) is 8.61. The van der Waals surface area contributed by atoms with Crippen molar-refractivity contribution in [1.29, 1.82) is 0 Å². The van der Waals surface area contributed by atoms with Crippen molar-refractivity contribution in [2.24, 2.45) is 0 Å². The van der Waals surface area contributed by atoms with Crippen molar-refractivity contribution in [1.82, 2.24) is 10.6 Å². The van der Waals surface area contributed by atoms with Gasteiger partial charge in [-0.05, 0) is 6.07 Å². The van der Waals surface area contributed by atoms with Gasteiger partial charge in [0.2, 0.25) is 0 Å². The van der Waals surface area contributed by atoms with Crippen molar-refractivity contribution in [3.8, 4) is 0 Å². The minimum Gasteiger partial charge on any atom is -0.478 e. The molecule has 0 spiro atoms. The maximum absolute atomic E-state index is 10.4. The Morgan fingerprint density at radius 1 is 1.22 bits per heavy atom. The molecule has 1 saturated heterocycles. The number of hydrogen-bond acceptors (Lipinski definition) is 5. The molecule has 0 aromatic heterocycles. The van der Waals surface area contributed by atoms with E-state index in [9.17, 15) is 14.9 Å². The molecule has 1 aliphatic rings. The van der Waals surface area contributed by atoms with Crippen LogP contribution in [0.5, 0.6) is 0 Å². The van der Waals surface area contributed by atoms with Crippen molar-refractivity contribution in [3.63, 3.8) is 0 Å². The number of nitrogens with zero attached hydrogens (tertiary/aromatic N) is 1. The summed E-state index contributed by atoms with van der Waals surface area (Å²) in [6.07, 6.45) is 0. The molecule has 0 saturated carbocycles. The number of nitro benzene ring substituents is 1. The third-order valence-electron chi connectivity index (χ3n) is 2.26. The first-order valence-electron chi connectivity index (χ1n) is 5.50. The van der Waals surface area contributed by atoms with E-state index < -0.39 is 10.9 Å². The Morgan fingerprint density at radius 3 is 2.17 bits per heavy atom. The van der Waals surface area contributed by atoms with Gasteiger partial charge < -0.3 is 15.7 Å². The smallest absolute Gasteiger partial charge is 0.335 e. The molecule has 7 heteroatoms. The Balaban J connectivity index is 0.000000225. The summed E-state index contributed by atoms with van der Waals surface area (Å²) in [5.74, 6) is -1.17. The third-order valence-corrected chi connectivity index (χ3v) is 2.26. The monoisotopic (exact) mass is 253 g/mol. The molecule has 0 amide bonds. The van der Waals surface area contributed by atoms with Gasteiger partial charge in [0, 0.05) is 38.3 Å². The van der Waals surface area contributed by atoms with Gasteiger partial charge >= 0.3 is 5.97 Å². The number of nitro groups is 1. The Morgan fingerprint density at radius 2 is 1.78 bits per heavy atom. The van der Waals surface area contributed by atoms with Gasteiger partial charge in [0.15, 0.2) is 0 Å². The molecule has 7 nitrogen and oxygen atoms in total. The molecule has 2 rings (SSSR count). The summed E-state index contributed by atoms with van der Waals surface area (Å²) in [5.41, 5.74) is -0.292. The minimum atomic E-state index is -1.17. The number of hydrogen-bond donors (Lipinski definition) is 3. The Labute approximate surface area is 104 Å². The van der Waals surface area contributed by atoms with Gasteiger partial charge in [-0.25, -0.2) is 4.79 Å². The molecule has 3 N–H and O–H groups in total. The van der Waals surface area contributed by atoms with Crippen molar-refractivity contribution in [3.05, 3.63) is 39.9 Å². The number of carbonyl (C=O) groups is 1. The van der Waals surface area contributed by atoms with E-state index in [1.165, 1.54) is 18.2 Å². The van der Waals surface area contributed by atoms with Crippen LogP contribution in [0.3, 0.4) is 0 Å². The van der Waals surface area contributed by atoms with E-state index in [4.69, 9.17) is 5.11 Å². The van der Waals surface area contributed by atoms with E-state index in [0.717, 1.165) is 32.2 Å². The van der Waals surface area contributed by atoms with E-state index in [1.807, 2.05) is 0 Å². The van der Waals surface area contributed by atoms with Crippen LogP contribution in [0.25, 0.3) is 0 Å². The zero-order chi connectivity index (χ0) is 13.4. The average molecular weight is 253 g/mol. The number of benzene rings is 1. The van der Waals surface area contributed by atoms with Gasteiger partial charge in [0.25, 0.3) is 5.69 Å². The number of non-ortho nitro benzene ring substituents is 1. The summed E-state index contributed by atoms with van der Waals surface area (Å²) >= 11 is 0. The fourth-order valence-electron chi connectivity index (χ4n) is 1.36. The lowest BCUT2D eigenvalue weighted by Crippen LogP contribution is -2.39. The largest absolute Gasteiger partial charge is 0.478 e. The topological polar surface area (TPSA) is 104 Å². The van der Waals surface area contributed by atoms with Crippen LogP contribution in [0.15, 0.2) is 24.3 Å². The van der Waals surface area contributed by atoms with Gasteiger partial charge in [-0.2, -0.15) is 0 Å². The highest BCUT2D eigenvalue weighted by Gasteiger charge is 2.09. The van der Waals surface area contributed by atoms with Crippen molar-refractivity contribution in [2.75, 3.05) is 26.2 Å². The number of carboxylic acid groups (broad SMARTS) is 1. The summed E-state index contributed by atoms with van der Waals surface area (Å²) < 4.78 is 0. The van der Waals surface area contributed by atoms with Gasteiger partial charge in [0.05, 0.1) is 10.5 Å². The first kappa shape index (κ1) is 14.1. The van der Waals surface area contributed by atoms with Gasteiger partial charge in [-0.1, -0.05) is 6.07 Å². The van der Waals surface area contributed by atoms with Crippen molar-refractivity contribution in [2.45, 2.75) is 0 Å². The summed E-state index contributed by atoms with van der Waals surface area (Å²) in [6.45, 7) is 4.56. The highest BCUT2D eigenvalue weighted by Crippen LogP contribution is 2.12. The second kappa shape index (κ2) is 7.36. The standard InChI is InChI=1S/C7H5NO4.C4H10N2/c9-7(10)5-2-1-3-6(4-5)8(11)12;1-2-6-4-3-5-1/h1-4H,(H,9,10);5-6H,1-4H2. The molecule has 0 unspecified atom stereocenters. The molecule has 0 bridgehead atoms. The maximum atomic E-state index is 10.4. The van der Waals surface area contributed by atoms with Crippen LogP contribution in [0, 0.1) is 10.1 Å². The van der Waals surface area contributed by atoms with Crippen LogP contribution in [-0.4, -0.2) is 42.2 Å². The molecule has 0 aliphatic carbocycles. The molecule has 1 heterocycles. The molecule has 1 aromatic rings. The molecule has 1 aliphatic heterocycles. The quantitative estimate of drug-likeness (QED) is 0.523. The number of aromatic carboxylic acids is 1. The van der Waals surface area contributed by atoms with Crippen molar-refractivity contribution >= 4 is 11.7 Å². The van der Waals surface area contributed by atoms with Crippen LogP contribution in [-0.2, 0) is 0 Å². The summed E-state index contributed by atoms with van der Waals surface area (Å²) in [7, 11) is 0. The van der Waals surface area contributed by atoms with Crippen LogP contribution in [0.4, 0.5) is 5.69 Å². The summed E-state index contributed by atoms with van der Waals surface area (Å²) in [6, 6.07) is 4.89. The predicted molar refractivity (Wildman–Crippen MR) is 65.8 cm³/mol. The highest BCUT2D eigenvalue weighted by molar-refractivity contribution is 5.88. The first-order valence-corrected chi connectivity index (χ1v) is 5.50. The highest BCUT2D eigenvalue weighted by atomic mass is 16.6. The zero-order valence-corrected chi connectivity index (χ0v) is 9.76. The Bertz CT molecular complexity index is 378. The number of carboxylic acids is 1. The Kier molecular flexibility index (Phi) is 5.75. The van der Waals surface area contributed by atoms with E-state index in [0.29, 0.717) is 0 Å². The Hall–Kier alpha value is -1.99. The molecule has 18 heavy (non-hydrogen) atoms. The molecule has 1 fully saturated rings. The molecular formula is C11H15N3O4. The number of rotatable bonds is 2. The molecular weight excluding hydrogens is 238 g/mol. The molecule has 0 radical (unpaired) electrons. The summed E-state index contributed by atoms with van der Waals surface area (Å²) in [4.78, 5) is 19.9. The van der Waals surface area contributed by atoms with Crippen LogP contribution < -0.4 is 10.6 Å². The van der Waals surface area contributed by atoms with Crippen LogP contribution >= 0.6 is 0 Å². The third kappa shape index (κ3) is 4.89. The lowest BCUT2D eigenvalue weighted by atomic mass is 10.2. The molecule has 1 aromatic carbocycles. The van der Waals surface area contributed by atoms with E-state index in [-0.39, 0.29) is 11.3 Å². The number of piperazine rings is 1. The fourth-order valence-corrected chi connectivity index (χ4v) is 1.36. The van der Waals surface area contributed by atoms with E-state index in [1.54, 1.807) is 0 Å². The van der Waals surface area contributed by atoms with E-state index in [2.05, 4.69) is 10.6 Å². The molecule has 0 atom stereocenters. The SMILES string of the molecule is C1CNCCN1.O=C(O)c1cccc([N+](=O)[O-])c1.